The van der Waals surface area contributed by atoms with E-state index < -0.39 is 17.0 Å². The van der Waals surface area contributed by atoms with Crippen LogP contribution in [0, 0.1) is 12.3 Å². The molecule has 0 atom stereocenters. The third kappa shape index (κ3) is 4.26. The molecule has 0 N–H and O–H groups in total. The first-order valence-electron chi connectivity index (χ1n) is 7.92. The Kier molecular flexibility index (Phi) is 5.30. The van der Waals surface area contributed by atoms with Gasteiger partial charge in [-0.15, -0.1) is 0 Å². The molecule has 6 nitrogen and oxygen atoms in total. The minimum absolute atomic E-state index is 0.0290. The summed E-state index contributed by atoms with van der Waals surface area (Å²) in [4.78, 5) is 35.5. The minimum atomic E-state index is -0.585. The van der Waals surface area contributed by atoms with Crippen molar-refractivity contribution in [2.45, 2.75) is 34.1 Å². The molecule has 25 heavy (non-hydrogen) atoms. The van der Waals surface area contributed by atoms with Gasteiger partial charge in [-0.05, 0) is 24.6 Å². The summed E-state index contributed by atoms with van der Waals surface area (Å²) in [7, 11) is 1.27. The van der Waals surface area contributed by atoms with Gasteiger partial charge in [-0.2, -0.15) is 0 Å². The molecule has 2 aromatic rings. The zero-order valence-corrected chi connectivity index (χ0v) is 15.1. The molecular formula is C19H22O6. The molecule has 0 bridgehead atoms. The Morgan fingerprint density at radius 2 is 1.88 bits per heavy atom. The van der Waals surface area contributed by atoms with Crippen LogP contribution in [0.25, 0.3) is 11.0 Å². The number of Topliss-reactive ketones (excluding diaryl/α,β-unsaturated/α-hetero) is 1. The molecule has 0 radical (unpaired) electrons. The largest absolute Gasteiger partial charge is 0.486 e. The standard InChI is InChI=1S/C19H22O6/c1-11-13-7-6-12(24-10-16(20)19(2,3)4)8-15(13)25-18(22)14(11)9-17(21)23-5/h6-8H,9-10H2,1-5H3. The van der Waals surface area contributed by atoms with Crippen molar-refractivity contribution >= 4 is 22.7 Å². The Labute approximate surface area is 145 Å². The van der Waals surface area contributed by atoms with E-state index in [9.17, 15) is 14.4 Å². The van der Waals surface area contributed by atoms with Crippen molar-refractivity contribution in [3.8, 4) is 5.75 Å². The lowest BCUT2D eigenvalue weighted by Crippen LogP contribution is -2.26. The second-order valence-corrected chi connectivity index (χ2v) is 6.87. The fourth-order valence-electron chi connectivity index (χ4n) is 2.25. The minimum Gasteiger partial charge on any atom is -0.486 e. The third-order valence-corrected chi connectivity index (χ3v) is 4.01. The van der Waals surface area contributed by atoms with Gasteiger partial charge in [0.05, 0.1) is 19.1 Å². The molecule has 1 aromatic heterocycles. The number of esters is 1. The first-order valence-corrected chi connectivity index (χ1v) is 7.92. The van der Waals surface area contributed by atoms with Crippen molar-refractivity contribution in [3.63, 3.8) is 0 Å². The summed E-state index contributed by atoms with van der Waals surface area (Å²) in [6.07, 6.45) is -0.140. The van der Waals surface area contributed by atoms with Crippen LogP contribution in [0.3, 0.4) is 0 Å². The fourth-order valence-corrected chi connectivity index (χ4v) is 2.25. The summed E-state index contributed by atoms with van der Waals surface area (Å²) < 4.78 is 15.4. The topological polar surface area (TPSA) is 82.8 Å². The van der Waals surface area contributed by atoms with Gasteiger partial charge in [0.25, 0.3) is 0 Å². The lowest BCUT2D eigenvalue weighted by molar-refractivity contribution is -0.139. The molecule has 0 aliphatic heterocycles. The maximum Gasteiger partial charge on any atom is 0.340 e. The van der Waals surface area contributed by atoms with E-state index in [0.717, 1.165) is 0 Å². The summed E-state index contributed by atoms with van der Waals surface area (Å²) in [5.41, 5.74) is 0.211. The lowest BCUT2D eigenvalue weighted by Gasteiger charge is -2.17. The highest BCUT2D eigenvalue weighted by Crippen LogP contribution is 2.25. The Bertz CT molecular complexity index is 870. The van der Waals surface area contributed by atoms with E-state index in [1.54, 1.807) is 25.1 Å². The first kappa shape index (κ1) is 18.7. The van der Waals surface area contributed by atoms with Gasteiger partial charge in [0.15, 0.2) is 5.78 Å². The van der Waals surface area contributed by atoms with Gasteiger partial charge in [0.1, 0.15) is 17.9 Å². The molecular weight excluding hydrogens is 324 g/mol. The Balaban J connectivity index is 2.32. The van der Waals surface area contributed by atoms with Gasteiger partial charge in [-0.25, -0.2) is 4.79 Å². The second-order valence-electron chi connectivity index (χ2n) is 6.87. The SMILES string of the molecule is COC(=O)Cc1c(C)c2ccc(OCC(=O)C(C)(C)C)cc2oc1=O. The highest BCUT2D eigenvalue weighted by Gasteiger charge is 2.22. The summed E-state index contributed by atoms with van der Waals surface area (Å²) in [6, 6.07) is 5.01. The average Bonchev–Trinajstić information content (AvgIpc) is 2.54. The van der Waals surface area contributed by atoms with E-state index >= 15 is 0 Å². The number of hydrogen-bond acceptors (Lipinski definition) is 6. The van der Waals surface area contributed by atoms with Crippen molar-refractivity contribution in [1.29, 1.82) is 0 Å². The average molecular weight is 346 g/mol. The van der Waals surface area contributed by atoms with E-state index in [4.69, 9.17) is 9.15 Å². The molecule has 0 saturated heterocycles. The van der Waals surface area contributed by atoms with Gasteiger partial charge in [0, 0.05) is 16.9 Å². The molecule has 1 aromatic carbocycles. The van der Waals surface area contributed by atoms with E-state index in [-0.39, 0.29) is 24.4 Å². The summed E-state index contributed by atoms with van der Waals surface area (Å²) in [6.45, 7) is 7.17. The predicted molar refractivity (Wildman–Crippen MR) is 92.9 cm³/mol. The first-order chi connectivity index (χ1) is 11.6. The van der Waals surface area contributed by atoms with E-state index in [2.05, 4.69) is 4.74 Å². The van der Waals surface area contributed by atoms with Crippen molar-refractivity contribution in [3.05, 3.63) is 39.7 Å². The van der Waals surface area contributed by atoms with Crippen LogP contribution in [0.2, 0.25) is 0 Å². The van der Waals surface area contributed by atoms with Crippen LogP contribution in [-0.4, -0.2) is 25.5 Å². The molecule has 0 unspecified atom stereocenters. The van der Waals surface area contributed by atoms with Crippen LogP contribution in [0.1, 0.15) is 31.9 Å². The molecule has 0 aliphatic carbocycles. The van der Waals surface area contributed by atoms with Crippen LogP contribution in [0.5, 0.6) is 5.75 Å². The van der Waals surface area contributed by atoms with Crippen LogP contribution >= 0.6 is 0 Å². The van der Waals surface area contributed by atoms with Crippen LogP contribution in [0.15, 0.2) is 27.4 Å². The van der Waals surface area contributed by atoms with Gasteiger partial charge in [-0.3, -0.25) is 9.59 Å². The van der Waals surface area contributed by atoms with Crippen molar-refractivity contribution < 1.29 is 23.5 Å². The van der Waals surface area contributed by atoms with Crippen molar-refractivity contribution in [2.24, 2.45) is 5.41 Å². The molecule has 0 saturated carbocycles. The zero-order valence-electron chi connectivity index (χ0n) is 15.1. The number of fused-ring (bicyclic) bond motifs is 1. The normalized spacial score (nSPS) is 11.4. The van der Waals surface area contributed by atoms with E-state index in [1.165, 1.54) is 7.11 Å². The third-order valence-electron chi connectivity index (χ3n) is 4.01. The van der Waals surface area contributed by atoms with Crippen molar-refractivity contribution in [2.75, 3.05) is 13.7 Å². The highest BCUT2D eigenvalue weighted by molar-refractivity contribution is 5.86. The Hall–Kier alpha value is -2.63. The molecule has 0 spiro atoms. The van der Waals surface area contributed by atoms with Crippen LogP contribution in [0.4, 0.5) is 0 Å². The summed E-state index contributed by atoms with van der Waals surface area (Å²) in [5.74, 6) is -0.0950. The number of rotatable bonds is 5. The maximum atomic E-state index is 12.1. The smallest absolute Gasteiger partial charge is 0.340 e. The van der Waals surface area contributed by atoms with Crippen molar-refractivity contribution in [1.82, 2.24) is 0 Å². The molecule has 6 heteroatoms. The number of carbonyl (C=O) groups excluding carboxylic acids is 2. The molecule has 0 fully saturated rings. The number of benzene rings is 1. The number of hydrogen-bond donors (Lipinski definition) is 0. The fraction of sp³-hybridized carbons (Fsp3) is 0.421. The zero-order chi connectivity index (χ0) is 18.8. The van der Waals surface area contributed by atoms with Gasteiger partial charge < -0.3 is 13.9 Å². The molecule has 0 amide bonds. The summed E-state index contributed by atoms with van der Waals surface area (Å²) >= 11 is 0. The van der Waals surface area contributed by atoms with E-state index in [0.29, 0.717) is 22.3 Å². The Morgan fingerprint density at radius 3 is 2.48 bits per heavy atom. The predicted octanol–water partition coefficient (Wildman–Crippen LogP) is 2.81. The number of methoxy groups -OCH3 is 1. The number of carbonyl (C=O) groups is 2. The number of ether oxygens (including phenoxy) is 2. The molecule has 0 aliphatic rings. The van der Waals surface area contributed by atoms with Crippen LogP contribution < -0.4 is 10.4 Å². The van der Waals surface area contributed by atoms with Gasteiger partial charge >= 0.3 is 11.6 Å². The monoisotopic (exact) mass is 346 g/mol. The Morgan fingerprint density at radius 1 is 1.20 bits per heavy atom. The highest BCUT2D eigenvalue weighted by atomic mass is 16.5. The molecule has 2 rings (SSSR count). The van der Waals surface area contributed by atoms with Gasteiger partial charge in [0.2, 0.25) is 0 Å². The number of aryl methyl sites for hydroxylation is 1. The molecule has 1 heterocycles. The quantitative estimate of drug-likeness (QED) is 0.611. The number of ketones is 1. The molecule has 134 valence electrons. The van der Waals surface area contributed by atoms with E-state index in [1.807, 2.05) is 20.8 Å². The lowest BCUT2D eigenvalue weighted by atomic mass is 9.91. The summed E-state index contributed by atoms with van der Waals surface area (Å²) in [5, 5.41) is 0.702. The second kappa shape index (κ2) is 7.09. The van der Waals surface area contributed by atoms with Crippen LogP contribution in [-0.2, 0) is 20.7 Å². The maximum absolute atomic E-state index is 12.1. The van der Waals surface area contributed by atoms with Gasteiger partial charge in [-0.1, -0.05) is 20.8 Å².